The lowest BCUT2D eigenvalue weighted by molar-refractivity contribution is -0.145. The van der Waals surface area contributed by atoms with Crippen LogP contribution < -0.4 is 4.90 Å². The zero-order chi connectivity index (χ0) is 29.8. The fourth-order valence-corrected chi connectivity index (χ4v) is 8.07. The van der Waals surface area contributed by atoms with E-state index in [2.05, 4.69) is 0 Å². The van der Waals surface area contributed by atoms with Crippen LogP contribution in [-0.2, 0) is 19.2 Å². The van der Waals surface area contributed by atoms with Crippen LogP contribution in [0.4, 0.5) is 14.5 Å². The molecule has 2 heterocycles. The molecule has 4 amide bonds. The van der Waals surface area contributed by atoms with Gasteiger partial charge in [0.1, 0.15) is 5.82 Å². The first-order valence-corrected chi connectivity index (χ1v) is 14.0. The summed E-state index contributed by atoms with van der Waals surface area (Å²) >= 11 is 14.4. The Morgan fingerprint density at radius 1 is 0.927 bits per heavy atom. The SMILES string of the molecule is CC(C)(C)N1C(=O)[C@H]2[C@H](CC=C3[C@H]2C[C@@]2(Cl)C(=O)N(c4ccc(F)cc4)C(=O)[C@@]2(Cl)[C@H]3c2ccc(O)c(F)c2)C1=O. The first-order valence-electron chi connectivity index (χ1n) is 13.2. The average molecular weight is 603 g/mol. The highest BCUT2D eigenvalue weighted by Gasteiger charge is 2.76. The lowest BCUT2D eigenvalue weighted by atomic mass is 9.56. The normalized spacial score (nSPS) is 33.1. The molecule has 0 spiro atoms. The summed E-state index contributed by atoms with van der Waals surface area (Å²) < 4.78 is 28.4. The smallest absolute Gasteiger partial charge is 0.258 e. The topological polar surface area (TPSA) is 95.0 Å². The van der Waals surface area contributed by atoms with Crippen molar-refractivity contribution in [3.8, 4) is 5.75 Å². The zero-order valence-corrected chi connectivity index (χ0v) is 23.8. The van der Waals surface area contributed by atoms with Crippen molar-refractivity contribution in [2.75, 3.05) is 4.90 Å². The highest BCUT2D eigenvalue weighted by atomic mass is 35.5. The number of hydrogen-bond donors (Lipinski definition) is 1. The van der Waals surface area contributed by atoms with Crippen LogP contribution in [-0.4, -0.2) is 48.9 Å². The van der Waals surface area contributed by atoms with Gasteiger partial charge in [-0.15, -0.1) is 23.2 Å². The molecule has 0 unspecified atom stereocenters. The van der Waals surface area contributed by atoms with Crippen molar-refractivity contribution >= 4 is 52.5 Å². The van der Waals surface area contributed by atoms with E-state index in [4.69, 9.17) is 23.2 Å². The highest BCUT2D eigenvalue weighted by Crippen LogP contribution is 2.66. The molecule has 6 rings (SSSR count). The summed E-state index contributed by atoms with van der Waals surface area (Å²) in [5.74, 6) is -8.19. The number of fused-ring (bicyclic) bond motifs is 4. The van der Waals surface area contributed by atoms with Gasteiger partial charge in [-0.2, -0.15) is 0 Å². The molecule has 6 atom stereocenters. The van der Waals surface area contributed by atoms with Gasteiger partial charge in [-0.3, -0.25) is 24.1 Å². The van der Waals surface area contributed by atoms with Gasteiger partial charge in [0.2, 0.25) is 11.8 Å². The second kappa shape index (κ2) is 8.85. The number of nitrogens with zero attached hydrogens (tertiary/aromatic N) is 2. The Morgan fingerprint density at radius 3 is 2.20 bits per heavy atom. The predicted octanol–water partition coefficient (Wildman–Crippen LogP) is 5.03. The molecule has 0 bridgehead atoms. The Hall–Kier alpha value is -3.30. The van der Waals surface area contributed by atoms with Crippen LogP contribution in [0.25, 0.3) is 0 Å². The molecule has 2 aromatic carbocycles. The summed E-state index contributed by atoms with van der Waals surface area (Å²) in [7, 11) is 0. The molecule has 214 valence electrons. The van der Waals surface area contributed by atoms with Crippen molar-refractivity contribution in [2.24, 2.45) is 17.8 Å². The fraction of sp³-hybridized carbons (Fsp3) is 0.400. The van der Waals surface area contributed by atoms with E-state index in [0.29, 0.717) is 5.57 Å². The number of carbonyl (C=O) groups excluding carboxylic acids is 4. The number of phenolic OH excluding ortho intramolecular Hbond substituents is 1. The second-order valence-electron chi connectivity index (χ2n) is 12.1. The number of likely N-dealkylation sites (tertiary alicyclic amines) is 1. The largest absolute Gasteiger partial charge is 0.505 e. The molecule has 1 saturated carbocycles. The number of allylic oxidation sites excluding steroid dienone is 2. The number of phenols is 1. The maximum Gasteiger partial charge on any atom is 0.258 e. The average Bonchev–Trinajstić information content (AvgIpc) is 3.25. The van der Waals surface area contributed by atoms with E-state index in [9.17, 15) is 33.1 Å². The Kier molecular flexibility index (Phi) is 6.01. The van der Waals surface area contributed by atoms with Gasteiger partial charge in [0.25, 0.3) is 11.8 Å². The number of benzene rings is 2. The minimum absolute atomic E-state index is 0.0485. The van der Waals surface area contributed by atoms with E-state index in [-0.39, 0.29) is 30.0 Å². The number of amides is 4. The highest BCUT2D eigenvalue weighted by molar-refractivity contribution is 6.58. The molecule has 2 aromatic rings. The molecular formula is C30H26Cl2F2N2O5. The van der Waals surface area contributed by atoms with Crippen molar-refractivity contribution < 1.29 is 33.1 Å². The van der Waals surface area contributed by atoms with E-state index in [0.717, 1.165) is 29.2 Å². The Morgan fingerprint density at radius 2 is 1.59 bits per heavy atom. The lowest BCUT2D eigenvalue weighted by Gasteiger charge is -2.50. The van der Waals surface area contributed by atoms with Crippen LogP contribution >= 0.6 is 23.2 Å². The van der Waals surface area contributed by atoms with E-state index < -0.39 is 74.1 Å². The minimum Gasteiger partial charge on any atom is -0.505 e. The monoisotopic (exact) mass is 602 g/mol. The number of aromatic hydroxyl groups is 1. The number of carbonyl (C=O) groups is 4. The molecule has 41 heavy (non-hydrogen) atoms. The number of anilines is 1. The van der Waals surface area contributed by atoms with Gasteiger partial charge in [0.05, 0.1) is 17.5 Å². The number of rotatable bonds is 2. The van der Waals surface area contributed by atoms with Crippen LogP contribution in [0.1, 0.15) is 45.1 Å². The molecule has 11 heteroatoms. The molecule has 1 N–H and O–H groups in total. The van der Waals surface area contributed by atoms with Gasteiger partial charge >= 0.3 is 0 Å². The van der Waals surface area contributed by atoms with Gasteiger partial charge < -0.3 is 5.11 Å². The standard InChI is InChI=1S/C30H26Cl2F2N2O5/c1-28(2,3)36-24(38)18-10-9-17-19(22(18)25(36)39)13-29(31)26(40)35(16-7-5-15(33)6-8-16)27(41)30(29,32)23(17)14-4-11-21(37)20(34)12-14/h4-9,11-12,18-19,22-23,37H,10,13H2,1-3H3/t18-,19+,22-,23-,29+,30-/m0/s1. The molecule has 7 nitrogen and oxygen atoms in total. The van der Waals surface area contributed by atoms with E-state index >= 15 is 0 Å². The molecule has 0 aromatic heterocycles. The van der Waals surface area contributed by atoms with Crippen LogP contribution in [0.3, 0.4) is 0 Å². The van der Waals surface area contributed by atoms with Crippen molar-refractivity contribution in [3.05, 3.63) is 71.3 Å². The first-order chi connectivity index (χ1) is 19.1. The zero-order valence-electron chi connectivity index (χ0n) is 22.3. The third kappa shape index (κ3) is 3.61. The van der Waals surface area contributed by atoms with Gasteiger partial charge in [0, 0.05) is 11.5 Å². The molecular weight excluding hydrogens is 577 g/mol. The molecule has 2 aliphatic carbocycles. The van der Waals surface area contributed by atoms with Crippen LogP contribution in [0, 0.1) is 29.4 Å². The quantitative estimate of drug-likeness (QED) is 0.295. The fourth-order valence-electron chi connectivity index (χ4n) is 7.14. The van der Waals surface area contributed by atoms with Gasteiger partial charge in [0.15, 0.2) is 21.3 Å². The molecule has 2 saturated heterocycles. The number of hydrogen-bond acceptors (Lipinski definition) is 5. The van der Waals surface area contributed by atoms with Crippen molar-refractivity contribution in [1.29, 1.82) is 0 Å². The molecule has 3 fully saturated rings. The molecule has 0 radical (unpaired) electrons. The van der Waals surface area contributed by atoms with Crippen LogP contribution in [0.15, 0.2) is 54.1 Å². The van der Waals surface area contributed by atoms with Crippen LogP contribution in [0.5, 0.6) is 5.75 Å². The van der Waals surface area contributed by atoms with E-state index in [1.165, 1.54) is 23.1 Å². The van der Waals surface area contributed by atoms with Crippen molar-refractivity contribution in [2.45, 2.75) is 54.8 Å². The van der Waals surface area contributed by atoms with E-state index in [1.807, 2.05) is 0 Å². The Bertz CT molecular complexity index is 1570. The summed E-state index contributed by atoms with van der Waals surface area (Å²) in [5, 5.41) is 9.88. The minimum atomic E-state index is -2.17. The second-order valence-corrected chi connectivity index (χ2v) is 13.4. The number of halogens is 4. The maximum atomic E-state index is 14.7. The van der Waals surface area contributed by atoms with Gasteiger partial charge in [-0.05, 0) is 81.5 Å². The first kappa shape index (κ1) is 27.8. The Balaban J connectivity index is 1.56. The lowest BCUT2D eigenvalue weighted by Crippen LogP contribution is -2.60. The summed E-state index contributed by atoms with van der Waals surface area (Å²) in [4.78, 5) is 53.3. The van der Waals surface area contributed by atoms with Gasteiger partial charge in [-0.25, -0.2) is 13.7 Å². The van der Waals surface area contributed by atoms with Crippen molar-refractivity contribution in [3.63, 3.8) is 0 Å². The summed E-state index contributed by atoms with van der Waals surface area (Å²) in [6, 6.07) is 8.20. The third-order valence-electron chi connectivity index (χ3n) is 8.87. The molecule has 4 aliphatic rings. The van der Waals surface area contributed by atoms with Crippen LogP contribution in [0.2, 0.25) is 0 Å². The maximum absolute atomic E-state index is 14.7. The van der Waals surface area contributed by atoms with E-state index in [1.54, 1.807) is 26.8 Å². The number of imide groups is 2. The summed E-state index contributed by atoms with van der Waals surface area (Å²) in [6.45, 7) is 5.26. The summed E-state index contributed by atoms with van der Waals surface area (Å²) in [5.41, 5.74) is -0.0805. The third-order valence-corrected chi connectivity index (χ3v) is 10.3. The van der Waals surface area contributed by atoms with Crippen molar-refractivity contribution in [1.82, 2.24) is 4.90 Å². The molecule has 2 aliphatic heterocycles. The Labute approximate surface area is 244 Å². The number of alkyl halides is 2. The van der Waals surface area contributed by atoms with Gasteiger partial charge in [-0.1, -0.05) is 17.7 Å². The predicted molar refractivity (Wildman–Crippen MR) is 146 cm³/mol. The summed E-state index contributed by atoms with van der Waals surface area (Å²) in [6.07, 6.45) is 1.69.